The van der Waals surface area contributed by atoms with Crippen molar-refractivity contribution in [1.29, 1.82) is 0 Å². The van der Waals surface area contributed by atoms with Crippen molar-refractivity contribution in [3.05, 3.63) is 45.8 Å². The fraction of sp³-hybridized carbons (Fsp3) is 0.308. The Labute approximate surface area is 99.8 Å². The molecule has 0 atom stereocenters. The van der Waals surface area contributed by atoms with Gasteiger partial charge >= 0.3 is 0 Å². The van der Waals surface area contributed by atoms with Crippen LogP contribution >= 0.6 is 0 Å². The van der Waals surface area contributed by atoms with E-state index >= 15 is 0 Å². The van der Waals surface area contributed by atoms with Gasteiger partial charge in [0.25, 0.3) is 5.56 Å². The van der Waals surface area contributed by atoms with Crippen molar-refractivity contribution in [2.45, 2.75) is 27.2 Å². The number of nitrogens with zero attached hydrogens (tertiary/aromatic N) is 2. The van der Waals surface area contributed by atoms with Gasteiger partial charge in [-0.2, -0.15) is 0 Å². The molecule has 0 amide bonds. The van der Waals surface area contributed by atoms with Crippen LogP contribution in [0.3, 0.4) is 0 Å². The van der Waals surface area contributed by atoms with E-state index in [1.54, 1.807) is 19.3 Å². The van der Waals surface area contributed by atoms with Gasteiger partial charge in [-0.05, 0) is 25.5 Å². The van der Waals surface area contributed by atoms with Crippen molar-refractivity contribution in [2.75, 3.05) is 0 Å². The molecule has 0 fully saturated rings. The van der Waals surface area contributed by atoms with E-state index in [0.29, 0.717) is 17.8 Å². The average molecular weight is 229 g/mol. The van der Waals surface area contributed by atoms with Gasteiger partial charge in [0.1, 0.15) is 5.82 Å². The molecule has 2 heterocycles. The third kappa shape index (κ3) is 2.25. The number of H-pyrrole nitrogens is 1. The van der Waals surface area contributed by atoms with Gasteiger partial charge in [-0.15, -0.1) is 0 Å². The Kier molecular flexibility index (Phi) is 3.04. The minimum absolute atomic E-state index is 0.0756. The molecule has 0 saturated carbocycles. The van der Waals surface area contributed by atoms with E-state index in [4.69, 9.17) is 0 Å². The zero-order valence-electron chi connectivity index (χ0n) is 10.2. The normalized spacial score (nSPS) is 10.5. The summed E-state index contributed by atoms with van der Waals surface area (Å²) in [6.07, 6.45) is 4.23. The zero-order chi connectivity index (χ0) is 12.4. The minimum atomic E-state index is -0.0756. The van der Waals surface area contributed by atoms with Gasteiger partial charge in [0.15, 0.2) is 0 Å². The van der Waals surface area contributed by atoms with Crippen LogP contribution in [0.15, 0.2) is 23.3 Å². The average Bonchev–Trinajstić information content (AvgIpc) is 2.32. The maximum atomic E-state index is 11.8. The molecule has 2 aromatic rings. The standard InChI is InChI=1S/C13H15N3O/c1-4-11-15-12(9(3)13(17)16-11)10-5-8(2)6-14-7-10/h5-7H,4H2,1-3H3,(H,15,16,17). The van der Waals surface area contributed by atoms with Crippen LogP contribution in [0.5, 0.6) is 0 Å². The molecule has 88 valence electrons. The number of nitrogens with one attached hydrogen (secondary N) is 1. The number of hydrogen-bond acceptors (Lipinski definition) is 3. The number of aryl methyl sites for hydroxylation is 2. The van der Waals surface area contributed by atoms with E-state index in [-0.39, 0.29) is 5.56 Å². The summed E-state index contributed by atoms with van der Waals surface area (Å²) in [5.74, 6) is 0.706. The van der Waals surface area contributed by atoms with Gasteiger partial charge in [-0.25, -0.2) is 4.98 Å². The van der Waals surface area contributed by atoms with Gasteiger partial charge < -0.3 is 4.98 Å². The predicted octanol–water partition coefficient (Wildman–Crippen LogP) is 2.01. The largest absolute Gasteiger partial charge is 0.310 e. The Balaban J connectivity index is 2.66. The van der Waals surface area contributed by atoms with E-state index in [1.807, 2.05) is 19.9 Å². The molecule has 4 heteroatoms. The van der Waals surface area contributed by atoms with Gasteiger partial charge in [-0.3, -0.25) is 9.78 Å². The Morgan fingerprint density at radius 1 is 1.29 bits per heavy atom. The number of aromatic nitrogens is 3. The second-order valence-electron chi connectivity index (χ2n) is 4.09. The van der Waals surface area contributed by atoms with Crippen molar-refractivity contribution in [1.82, 2.24) is 15.0 Å². The highest BCUT2D eigenvalue weighted by molar-refractivity contribution is 5.61. The predicted molar refractivity (Wildman–Crippen MR) is 66.9 cm³/mol. The minimum Gasteiger partial charge on any atom is -0.310 e. The van der Waals surface area contributed by atoms with E-state index in [0.717, 1.165) is 16.8 Å². The Morgan fingerprint density at radius 3 is 2.71 bits per heavy atom. The Hall–Kier alpha value is -1.97. The second kappa shape index (κ2) is 4.49. The van der Waals surface area contributed by atoms with E-state index in [9.17, 15) is 4.79 Å². The summed E-state index contributed by atoms with van der Waals surface area (Å²) in [5, 5.41) is 0. The van der Waals surface area contributed by atoms with Crippen molar-refractivity contribution >= 4 is 0 Å². The van der Waals surface area contributed by atoms with Gasteiger partial charge in [0.05, 0.1) is 5.69 Å². The molecule has 17 heavy (non-hydrogen) atoms. The third-order valence-corrected chi connectivity index (χ3v) is 2.68. The van der Waals surface area contributed by atoms with Crippen LogP contribution in [0.1, 0.15) is 23.9 Å². The molecule has 0 radical (unpaired) electrons. The van der Waals surface area contributed by atoms with Crippen molar-refractivity contribution in [2.24, 2.45) is 0 Å². The first kappa shape index (κ1) is 11.5. The highest BCUT2D eigenvalue weighted by Crippen LogP contribution is 2.18. The Bertz CT molecular complexity index is 602. The molecule has 0 aliphatic heterocycles. The lowest BCUT2D eigenvalue weighted by molar-refractivity contribution is 0.911. The molecule has 2 rings (SSSR count). The molecule has 4 nitrogen and oxygen atoms in total. The first-order valence-electron chi connectivity index (χ1n) is 5.63. The van der Waals surface area contributed by atoms with Crippen molar-refractivity contribution in [3.8, 4) is 11.3 Å². The third-order valence-electron chi connectivity index (χ3n) is 2.68. The summed E-state index contributed by atoms with van der Waals surface area (Å²) in [6.45, 7) is 5.72. The van der Waals surface area contributed by atoms with E-state index in [2.05, 4.69) is 15.0 Å². The number of pyridine rings is 1. The lowest BCUT2D eigenvalue weighted by atomic mass is 10.1. The lowest BCUT2D eigenvalue weighted by Gasteiger charge is -2.06. The van der Waals surface area contributed by atoms with Crippen LogP contribution in [0.2, 0.25) is 0 Å². The molecule has 0 aliphatic carbocycles. The SMILES string of the molecule is CCc1nc(-c2cncc(C)c2)c(C)c(=O)[nH]1. The van der Waals surface area contributed by atoms with Crippen molar-refractivity contribution in [3.63, 3.8) is 0 Å². The second-order valence-corrected chi connectivity index (χ2v) is 4.09. The van der Waals surface area contributed by atoms with Crippen LogP contribution in [-0.2, 0) is 6.42 Å². The topological polar surface area (TPSA) is 58.6 Å². The van der Waals surface area contributed by atoms with Crippen LogP contribution in [0.25, 0.3) is 11.3 Å². The summed E-state index contributed by atoms with van der Waals surface area (Å²) >= 11 is 0. The quantitative estimate of drug-likeness (QED) is 0.857. The fourth-order valence-electron chi connectivity index (χ4n) is 1.71. The lowest BCUT2D eigenvalue weighted by Crippen LogP contribution is -2.15. The van der Waals surface area contributed by atoms with Gasteiger partial charge in [-0.1, -0.05) is 6.92 Å². The molecule has 0 unspecified atom stereocenters. The van der Waals surface area contributed by atoms with Gasteiger partial charge in [0, 0.05) is 29.9 Å². The van der Waals surface area contributed by atoms with E-state index < -0.39 is 0 Å². The maximum Gasteiger partial charge on any atom is 0.254 e. The van der Waals surface area contributed by atoms with Crippen molar-refractivity contribution < 1.29 is 0 Å². The number of hydrogen-bond donors (Lipinski definition) is 1. The Morgan fingerprint density at radius 2 is 2.06 bits per heavy atom. The highest BCUT2D eigenvalue weighted by Gasteiger charge is 2.09. The molecule has 1 N–H and O–H groups in total. The first-order valence-corrected chi connectivity index (χ1v) is 5.63. The van der Waals surface area contributed by atoms with Crippen LogP contribution in [0, 0.1) is 13.8 Å². The van der Waals surface area contributed by atoms with Gasteiger partial charge in [0.2, 0.25) is 0 Å². The van der Waals surface area contributed by atoms with E-state index in [1.165, 1.54) is 0 Å². The van der Waals surface area contributed by atoms with Crippen LogP contribution < -0.4 is 5.56 Å². The monoisotopic (exact) mass is 229 g/mol. The molecule has 0 spiro atoms. The summed E-state index contributed by atoms with van der Waals surface area (Å²) in [4.78, 5) is 23.1. The summed E-state index contributed by atoms with van der Waals surface area (Å²) in [5.41, 5.74) is 3.23. The number of rotatable bonds is 2. The fourth-order valence-corrected chi connectivity index (χ4v) is 1.71. The number of aromatic amines is 1. The smallest absolute Gasteiger partial charge is 0.254 e. The molecule has 2 aromatic heterocycles. The molecular weight excluding hydrogens is 214 g/mol. The summed E-state index contributed by atoms with van der Waals surface area (Å²) < 4.78 is 0. The molecule has 0 saturated heterocycles. The summed E-state index contributed by atoms with van der Waals surface area (Å²) in [7, 11) is 0. The highest BCUT2D eigenvalue weighted by atomic mass is 16.1. The molecular formula is C13H15N3O. The summed E-state index contributed by atoms with van der Waals surface area (Å²) in [6, 6.07) is 1.99. The molecule has 0 bridgehead atoms. The zero-order valence-corrected chi connectivity index (χ0v) is 10.2. The first-order chi connectivity index (χ1) is 8.11. The maximum absolute atomic E-state index is 11.8. The van der Waals surface area contributed by atoms with Crippen LogP contribution in [-0.4, -0.2) is 15.0 Å². The molecule has 0 aliphatic rings. The molecule has 0 aromatic carbocycles. The van der Waals surface area contributed by atoms with Crippen LogP contribution in [0.4, 0.5) is 0 Å².